The lowest BCUT2D eigenvalue weighted by Gasteiger charge is -2.10. The second kappa shape index (κ2) is 20.0. The Bertz CT molecular complexity index is 3720. The lowest BCUT2D eigenvalue weighted by atomic mass is 10.1. The van der Waals surface area contributed by atoms with Crippen LogP contribution in [0.3, 0.4) is 0 Å². The number of carboxylic acids is 2. The quantitative estimate of drug-likeness (QED) is 0.0472. The number of amides is 1. The summed E-state index contributed by atoms with van der Waals surface area (Å²) in [5.41, 5.74) is 11.4. The summed E-state index contributed by atoms with van der Waals surface area (Å²) in [6, 6.07) is 38.9. The van der Waals surface area contributed by atoms with Gasteiger partial charge in [-0.1, -0.05) is 60.1 Å². The molecule has 0 aliphatic carbocycles. The van der Waals surface area contributed by atoms with Gasteiger partial charge < -0.3 is 41.3 Å². The first-order chi connectivity index (χ1) is 33.2. The number of fused-ring (bicyclic) bond motifs is 7. The third kappa shape index (κ3) is 9.71. The van der Waals surface area contributed by atoms with E-state index in [1.54, 1.807) is 42.6 Å². The van der Waals surface area contributed by atoms with E-state index in [2.05, 4.69) is 24.9 Å². The number of carboxylic acid groups (broad SMARTS) is 2. The van der Waals surface area contributed by atoms with Gasteiger partial charge in [-0.15, -0.1) is 0 Å². The molecule has 4 heterocycles. The van der Waals surface area contributed by atoms with Crippen molar-refractivity contribution in [1.29, 1.82) is 0 Å². The van der Waals surface area contributed by atoms with E-state index < -0.39 is 24.5 Å². The fourth-order valence-electron chi connectivity index (χ4n) is 7.08. The number of para-hydroxylation sites is 8. The smallest absolute Gasteiger partial charge is 0.341 e. The number of nitrogens with two attached hydrogens (primary N) is 1. The maximum atomic E-state index is 12.5. The predicted molar refractivity (Wildman–Crippen MR) is 265 cm³/mol. The Morgan fingerprint density at radius 3 is 1.71 bits per heavy atom. The number of ether oxygens (including phenoxy) is 1. The minimum Gasteiger partial charge on any atom is -0.617 e. The highest BCUT2D eigenvalue weighted by molar-refractivity contribution is 14.1. The van der Waals surface area contributed by atoms with E-state index in [1.165, 1.54) is 42.5 Å². The average Bonchev–Trinajstić information content (AvgIpc) is 3.35. The Hall–Kier alpha value is -8.82. The molecule has 0 radical (unpaired) electrons. The average molecular weight is 1060 g/mol. The number of aromatic carboxylic acids is 1. The Kier molecular flexibility index (Phi) is 13.5. The molecule has 6 N–H and O–H groups in total. The van der Waals surface area contributed by atoms with Crippen molar-refractivity contribution in [2.45, 2.75) is 0 Å². The van der Waals surface area contributed by atoms with Crippen molar-refractivity contribution >= 4 is 129 Å². The van der Waals surface area contributed by atoms with E-state index in [-0.39, 0.29) is 44.9 Å². The summed E-state index contributed by atoms with van der Waals surface area (Å²) >= 11 is 8.00. The number of benzene rings is 7. The van der Waals surface area contributed by atoms with Crippen LogP contribution in [0.4, 0.5) is 0 Å². The van der Waals surface area contributed by atoms with E-state index >= 15 is 0 Å². The number of aromatic hydroxyl groups is 2. The first-order valence-corrected chi connectivity index (χ1v) is 21.7. The van der Waals surface area contributed by atoms with Crippen LogP contribution in [0.25, 0.3) is 77.1 Å². The molecule has 7 aromatic carbocycles. The van der Waals surface area contributed by atoms with Gasteiger partial charge in [0.25, 0.3) is 16.9 Å². The molecule has 0 unspecified atom stereocenters. The molecule has 20 heteroatoms. The maximum absolute atomic E-state index is 12.5. The van der Waals surface area contributed by atoms with Crippen LogP contribution in [-0.2, 0) is 4.79 Å². The number of hydrogen-bond acceptors (Lipinski definition) is 13. The Morgan fingerprint density at radius 1 is 0.623 bits per heavy atom. The normalized spacial score (nSPS) is 10.8. The second-order valence-electron chi connectivity index (χ2n) is 14.6. The summed E-state index contributed by atoms with van der Waals surface area (Å²) < 4.78 is 6.64. The number of nitrogens with zero attached hydrogens (tertiary/aromatic N) is 7. The van der Waals surface area contributed by atoms with Crippen molar-refractivity contribution in [1.82, 2.24) is 24.9 Å². The monoisotopic (exact) mass is 1050 g/mol. The highest BCUT2D eigenvalue weighted by Crippen LogP contribution is 2.33. The van der Waals surface area contributed by atoms with E-state index in [4.69, 9.17) is 32.3 Å². The van der Waals surface area contributed by atoms with Gasteiger partial charge in [0.2, 0.25) is 0 Å². The third-order valence-corrected chi connectivity index (χ3v) is 11.3. The molecule has 69 heavy (non-hydrogen) atoms. The highest BCUT2D eigenvalue weighted by atomic mass is 127. The van der Waals surface area contributed by atoms with Gasteiger partial charge >= 0.3 is 23.0 Å². The van der Waals surface area contributed by atoms with Gasteiger partial charge in [0.15, 0.2) is 23.9 Å². The largest absolute Gasteiger partial charge is 0.617 e. The van der Waals surface area contributed by atoms with Crippen molar-refractivity contribution in [3.05, 3.63) is 176 Å². The van der Waals surface area contributed by atoms with Gasteiger partial charge in [-0.2, -0.15) is 9.46 Å². The van der Waals surface area contributed by atoms with Crippen molar-refractivity contribution in [3.8, 4) is 17.2 Å². The lowest BCUT2D eigenvalue weighted by molar-refractivity contribution is -0.591. The lowest BCUT2D eigenvalue weighted by Crippen LogP contribution is -2.39. The van der Waals surface area contributed by atoms with Gasteiger partial charge in [-0.05, 0) is 101 Å². The summed E-state index contributed by atoms with van der Waals surface area (Å²) in [7, 11) is 0. The molecule has 0 bridgehead atoms. The van der Waals surface area contributed by atoms with Gasteiger partial charge in [-0.3, -0.25) is 9.78 Å². The maximum Gasteiger partial charge on any atom is 0.341 e. The van der Waals surface area contributed by atoms with Crippen molar-refractivity contribution in [2.24, 2.45) is 5.73 Å². The molecule has 11 rings (SSSR count). The number of carbonyl (C=O) groups excluding carboxylic acids is 1. The fraction of sp³-hybridized carbons (Fsp3) is 0.0204. The molecule has 0 saturated heterocycles. The zero-order valence-corrected chi connectivity index (χ0v) is 38.2. The van der Waals surface area contributed by atoms with E-state index in [0.717, 1.165) is 21.9 Å². The molecule has 0 saturated carbocycles. The summed E-state index contributed by atoms with van der Waals surface area (Å²) in [6.07, 6.45) is 1.63. The second-order valence-corrected chi connectivity index (χ2v) is 16.1. The molecule has 11 aromatic rings. The zero-order chi connectivity index (χ0) is 48.9. The van der Waals surface area contributed by atoms with Crippen molar-refractivity contribution < 1.29 is 49.0 Å². The van der Waals surface area contributed by atoms with Crippen LogP contribution in [0.15, 0.2) is 146 Å². The summed E-state index contributed by atoms with van der Waals surface area (Å²) in [5, 5.41) is 63.5. The third-order valence-electron chi connectivity index (χ3n) is 10.2. The summed E-state index contributed by atoms with van der Waals surface area (Å²) in [5.74, 6) is -2.83. The number of phenolic OH excluding ortho intramolecular Hbond substituents is 2. The van der Waals surface area contributed by atoms with Gasteiger partial charge in [0.05, 0.1) is 52.8 Å². The highest BCUT2D eigenvalue weighted by Gasteiger charge is 2.27. The molecule has 0 aliphatic heterocycles. The zero-order valence-electron chi connectivity index (χ0n) is 35.3. The molecule has 342 valence electrons. The minimum absolute atomic E-state index is 0.0234. The van der Waals surface area contributed by atoms with Crippen LogP contribution in [0.2, 0.25) is 5.02 Å². The van der Waals surface area contributed by atoms with Gasteiger partial charge in [-0.25, -0.2) is 29.5 Å². The van der Waals surface area contributed by atoms with Crippen LogP contribution in [0, 0.1) is 14.0 Å². The van der Waals surface area contributed by atoms with Crippen LogP contribution >= 0.6 is 34.2 Å². The van der Waals surface area contributed by atoms with Crippen LogP contribution in [0.1, 0.15) is 20.7 Å². The molecule has 0 aliphatic rings. The van der Waals surface area contributed by atoms with Gasteiger partial charge in [0, 0.05) is 23.7 Å². The summed E-state index contributed by atoms with van der Waals surface area (Å²) in [6.45, 7) is -0.643. The standard InChI is InChI=1S/C14H10N2O6.C13H9N3O.C13H8N2O2.C9H5ClINO/c17-10-5-1-3-8-13(10)15(20)9-4-2-6-11(14(9)16(8)21)22-7-12(18)19;14-13(17)8-4-3-7-11-12(8)16-10-6-2-1-5-9(10)15-11;16-13(17)8-4-3-7-11-12(8)15-10-6-2-1-5-9(10)14-11;10-6-4-7(11)9(13)8-5(6)2-1-3-12-8/h1-6,17H,7H2,(H,18,19);1-7H,(H2,14,17);1-7H,(H,16,17);1-4,13H. The Labute approximate surface area is 406 Å². The molecule has 1 amide bonds. The fourth-order valence-corrected chi connectivity index (χ4v) is 8.09. The molecule has 4 aromatic heterocycles. The topological polar surface area (TPSA) is 286 Å². The SMILES string of the molecule is NC(=O)c1cccc2nc3ccccc3nc12.O=C(O)COc1cccc2c1[n+]([O-])c1cccc(O)c1[n+]2[O-].O=C(O)c1cccc2nc3ccccc3nc12.Oc1c(I)cc(Cl)c2cccnc12. The number of rotatable bonds is 5. The van der Waals surface area contributed by atoms with Crippen molar-refractivity contribution in [3.63, 3.8) is 0 Å². The predicted octanol–water partition coefficient (Wildman–Crippen LogP) is 7.99. The molecular formula is C49H32ClIN8O10. The summed E-state index contributed by atoms with van der Waals surface area (Å²) in [4.78, 5) is 54.7. The Balaban J connectivity index is 0.000000126. The van der Waals surface area contributed by atoms with Crippen molar-refractivity contribution in [2.75, 3.05) is 6.61 Å². The Morgan fingerprint density at radius 2 is 1.13 bits per heavy atom. The van der Waals surface area contributed by atoms with E-state index in [9.17, 15) is 35.0 Å². The van der Waals surface area contributed by atoms with Crippen LogP contribution in [-0.4, -0.2) is 69.8 Å². The van der Waals surface area contributed by atoms with Gasteiger partial charge in [0.1, 0.15) is 16.6 Å². The molecule has 18 nitrogen and oxygen atoms in total. The molecule has 0 atom stereocenters. The first-order valence-electron chi connectivity index (χ1n) is 20.2. The number of carbonyl (C=O) groups is 3. The van der Waals surface area contributed by atoms with Crippen LogP contribution < -0.4 is 19.9 Å². The van der Waals surface area contributed by atoms with E-state index in [0.29, 0.717) is 56.7 Å². The number of hydrogen-bond donors (Lipinski definition) is 5. The number of pyridine rings is 1. The minimum atomic E-state index is -1.21. The first kappa shape index (κ1) is 46.7. The number of primary amides is 1. The molecule has 0 fully saturated rings. The van der Waals surface area contributed by atoms with Crippen LogP contribution in [0.5, 0.6) is 17.2 Å². The number of halogens is 2. The number of phenols is 2. The molecule has 0 spiro atoms. The number of aromatic nitrogens is 7. The molecular weight excluding hydrogens is 1020 g/mol. The number of aliphatic carboxylic acids is 1. The van der Waals surface area contributed by atoms with E-state index in [1.807, 2.05) is 83.3 Å².